The van der Waals surface area contributed by atoms with Crippen LogP contribution in [0.1, 0.15) is 23.7 Å². The minimum Gasteiger partial charge on any atom is -0.302 e. The van der Waals surface area contributed by atoms with E-state index in [4.69, 9.17) is 0 Å². The summed E-state index contributed by atoms with van der Waals surface area (Å²) < 4.78 is 3.13. The van der Waals surface area contributed by atoms with Crippen molar-refractivity contribution >= 4 is 21.6 Å². The van der Waals surface area contributed by atoms with Gasteiger partial charge in [0.25, 0.3) is 0 Å². The Balaban J connectivity index is 1.73. The highest BCUT2D eigenvalue weighted by Crippen LogP contribution is 2.26. The van der Waals surface area contributed by atoms with Crippen molar-refractivity contribution < 1.29 is 0 Å². The van der Waals surface area contributed by atoms with Crippen LogP contribution >= 0.6 is 11.3 Å². The summed E-state index contributed by atoms with van der Waals surface area (Å²) in [6.07, 6.45) is 1.82. The van der Waals surface area contributed by atoms with Gasteiger partial charge < -0.3 is 5.32 Å². The monoisotopic (exact) mass is 272 g/mol. The summed E-state index contributed by atoms with van der Waals surface area (Å²) in [4.78, 5) is 4.67. The van der Waals surface area contributed by atoms with Crippen molar-refractivity contribution in [2.24, 2.45) is 7.05 Å². The van der Waals surface area contributed by atoms with Crippen molar-refractivity contribution in [1.29, 1.82) is 0 Å². The van der Waals surface area contributed by atoms with Gasteiger partial charge in [-0.3, -0.25) is 4.68 Å². The first-order valence-corrected chi connectivity index (χ1v) is 7.11. The zero-order valence-corrected chi connectivity index (χ0v) is 11.8. The molecule has 1 unspecified atom stereocenters. The highest BCUT2D eigenvalue weighted by molar-refractivity contribution is 7.18. The van der Waals surface area contributed by atoms with Crippen molar-refractivity contribution in [3.05, 3.63) is 47.2 Å². The highest BCUT2D eigenvalue weighted by Gasteiger charge is 2.11. The maximum Gasteiger partial charge on any atom is 0.111 e. The molecular weight excluding hydrogens is 256 g/mol. The molecule has 0 radical (unpaired) electrons. The molecule has 0 aliphatic rings. The van der Waals surface area contributed by atoms with Crippen LogP contribution in [-0.4, -0.2) is 14.8 Å². The fourth-order valence-electron chi connectivity index (χ4n) is 1.99. The molecule has 2 heterocycles. The van der Waals surface area contributed by atoms with Gasteiger partial charge in [0, 0.05) is 19.8 Å². The number of fused-ring (bicyclic) bond motifs is 1. The average molecular weight is 272 g/mol. The zero-order valence-electron chi connectivity index (χ0n) is 11.0. The van der Waals surface area contributed by atoms with E-state index in [-0.39, 0.29) is 6.04 Å². The maximum atomic E-state index is 4.67. The lowest BCUT2D eigenvalue weighted by molar-refractivity contribution is 0.547. The van der Waals surface area contributed by atoms with Crippen LogP contribution in [0.15, 0.2) is 36.5 Å². The molecule has 0 saturated heterocycles. The lowest BCUT2D eigenvalue weighted by atomic mass is 10.3. The fraction of sp³-hybridized carbons (Fsp3) is 0.286. The summed E-state index contributed by atoms with van der Waals surface area (Å²) >= 11 is 1.75. The normalized spacial score (nSPS) is 12.9. The molecule has 3 aromatic rings. The van der Waals surface area contributed by atoms with Crippen molar-refractivity contribution in [3.8, 4) is 0 Å². The van der Waals surface area contributed by atoms with E-state index in [0.29, 0.717) is 0 Å². The lowest BCUT2D eigenvalue weighted by Gasteiger charge is -2.10. The van der Waals surface area contributed by atoms with Gasteiger partial charge in [-0.05, 0) is 25.1 Å². The van der Waals surface area contributed by atoms with Crippen LogP contribution in [0.5, 0.6) is 0 Å². The zero-order chi connectivity index (χ0) is 13.2. The SMILES string of the molecule is CC(NCc1ccnn1C)c1nc2ccccc2s1. The number of hydrogen-bond acceptors (Lipinski definition) is 4. The van der Waals surface area contributed by atoms with Gasteiger partial charge in [-0.2, -0.15) is 5.10 Å². The van der Waals surface area contributed by atoms with Gasteiger partial charge in [0.05, 0.1) is 22.0 Å². The molecule has 1 N–H and O–H groups in total. The van der Waals surface area contributed by atoms with Gasteiger partial charge in [-0.25, -0.2) is 4.98 Å². The van der Waals surface area contributed by atoms with E-state index in [1.54, 1.807) is 11.3 Å². The highest BCUT2D eigenvalue weighted by atomic mass is 32.1. The Hall–Kier alpha value is -1.72. The number of aryl methyl sites for hydroxylation is 1. The first-order valence-electron chi connectivity index (χ1n) is 6.30. The van der Waals surface area contributed by atoms with E-state index in [2.05, 4.69) is 40.5 Å². The Morgan fingerprint density at radius 2 is 2.16 bits per heavy atom. The van der Waals surface area contributed by atoms with Gasteiger partial charge >= 0.3 is 0 Å². The van der Waals surface area contributed by atoms with Crippen LogP contribution in [0.4, 0.5) is 0 Å². The molecule has 1 atom stereocenters. The summed E-state index contributed by atoms with van der Waals surface area (Å²) in [6, 6.07) is 10.5. The van der Waals surface area contributed by atoms with E-state index in [9.17, 15) is 0 Å². The molecular formula is C14H16N4S. The second kappa shape index (κ2) is 5.11. The predicted molar refractivity (Wildman–Crippen MR) is 78.1 cm³/mol. The smallest absolute Gasteiger partial charge is 0.111 e. The third kappa shape index (κ3) is 2.52. The summed E-state index contributed by atoms with van der Waals surface area (Å²) in [5, 5.41) is 8.78. The molecule has 0 aliphatic carbocycles. The molecule has 1 aromatic carbocycles. The third-order valence-electron chi connectivity index (χ3n) is 3.19. The Kier molecular flexibility index (Phi) is 3.31. The van der Waals surface area contributed by atoms with E-state index < -0.39 is 0 Å². The van der Waals surface area contributed by atoms with E-state index in [1.165, 1.54) is 10.4 Å². The number of rotatable bonds is 4. The molecule has 98 valence electrons. The number of thiazole rings is 1. The quantitative estimate of drug-likeness (QED) is 0.794. The topological polar surface area (TPSA) is 42.7 Å². The average Bonchev–Trinajstić information content (AvgIpc) is 3.01. The molecule has 4 nitrogen and oxygen atoms in total. The predicted octanol–water partition coefficient (Wildman–Crippen LogP) is 2.88. The molecule has 5 heteroatoms. The third-order valence-corrected chi connectivity index (χ3v) is 4.41. The van der Waals surface area contributed by atoms with Crippen LogP contribution < -0.4 is 5.32 Å². The summed E-state index contributed by atoms with van der Waals surface area (Å²) in [5.74, 6) is 0. The second-order valence-corrected chi connectivity index (χ2v) is 5.63. The minimum atomic E-state index is 0.243. The molecule has 0 aliphatic heterocycles. The molecule has 0 amide bonds. The van der Waals surface area contributed by atoms with E-state index in [1.807, 2.05) is 30.1 Å². The van der Waals surface area contributed by atoms with Crippen LogP contribution in [0.2, 0.25) is 0 Å². The van der Waals surface area contributed by atoms with E-state index >= 15 is 0 Å². The summed E-state index contributed by atoms with van der Waals surface area (Å²) in [5.41, 5.74) is 2.25. The largest absolute Gasteiger partial charge is 0.302 e. The number of nitrogens with one attached hydrogen (secondary N) is 1. The molecule has 0 fully saturated rings. The van der Waals surface area contributed by atoms with Gasteiger partial charge in [0.1, 0.15) is 5.01 Å². The number of aromatic nitrogens is 3. The first-order chi connectivity index (χ1) is 9.24. The first kappa shape index (κ1) is 12.3. The molecule has 0 spiro atoms. The van der Waals surface area contributed by atoms with Crippen LogP contribution in [-0.2, 0) is 13.6 Å². The van der Waals surface area contributed by atoms with Crippen LogP contribution in [0.25, 0.3) is 10.2 Å². The van der Waals surface area contributed by atoms with Crippen molar-refractivity contribution in [3.63, 3.8) is 0 Å². The Labute approximate surface area is 116 Å². The van der Waals surface area contributed by atoms with Gasteiger partial charge in [0.15, 0.2) is 0 Å². The van der Waals surface area contributed by atoms with Crippen molar-refractivity contribution in [2.75, 3.05) is 0 Å². The molecule has 19 heavy (non-hydrogen) atoms. The Bertz CT molecular complexity index is 652. The number of benzene rings is 1. The Morgan fingerprint density at radius 3 is 2.89 bits per heavy atom. The number of para-hydroxylation sites is 1. The second-order valence-electron chi connectivity index (χ2n) is 4.57. The molecule has 3 rings (SSSR count). The van der Waals surface area contributed by atoms with Gasteiger partial charge in [-0.1, -0.05) is 12.1 Å². The fourth-order valence-corrected chi connectivity index (χ4v) is 2.99. The van der Waals surface area contributed by atoms with E-state index in [0.717, 1.165) is 17.1 Å². The minimum absolute atomic E-state index is 0.243. The number of hydrogen-bond donors (Lipinski definition) is 1. The number of nitrogens with zero attached hydrogens (tertiary/aromatic N) is 3. The maximum absolute atomic E-state index is 4.67. The van der Waals surface area contributed by atoms with Crippen LogP contribution in [0.3, 0.4) is 0 Å². The van der Waals surface area contributed by atoms with Crippen LogP contribution in [0, 0.1) is 0 Å². The molecule has 0 bridgehead atoms. The molecule has 0 saturated carbocycles. The van der Waals surface area contributed by atoms with Crippen molar-refractivity contribution in [2.45, 2.75) is 19.5 Å². The Morgan fingerprint density at radius 1 is 1.32 bits per heavy atom. The molecule has 2 aromatic heterocycles. The lowest BCUT2D eigenvalue weighted by Crippen LogP contribution is -2.19. The summed E-state index contributed by atoms with van der Waals surface area (Å²) in [6.45, 7) is 2.95. The standard InChI is InChI=1S/C14H16N4S/c1-10(15-9-11-7-8-16-18(11)2)14-17-12-5-3-4-6-13(12)19-14/h3-8,10,15H,9H2,1-2H3. The van der Waals surface area contributed by atoms with Gasteiger partial charge in [-0.15, -0.1) is 11.3 Å². The summed E-state index contributed by atoms with van der Waals surface area (Å²) in [7, 11) is 1.96. The van der Waals surface area contributed by atoms with Gasteiger partial charge in [0.2, 0.25) is 0 Å². The van der Waals surface area contributed by atoms with Crippen molar-refractivity contribution in [1.82, 2.24) is 20.1 Å².